The van der Waals surface area contributed by atoms with E-state index in [9.17, 15) is 9.59 Å². The van der Waals surface area contributed by atoms with Crippen molar-refractivity contribution in [2.24, 2.45) is 23.3 Å². The van der Waals surface area contributed by atoms with Gasteiger partial charge in [-0.1, -0.05) is 48.5 Å². The minimum atomic E-state index is -0.252. The molecule has 3 rings (SSSR count). The second-order valence-electron chi connectivity index (χ2n) is 5.70. The second kappa shape index (κ2) is 7.59. The maximum atomic E-state index is 10.7. The van der Waals surface area contributed by atoms with Crippen LogP contribution in [0, 0.1) is 11.8 Å². The Hall–Kier alpha value is -2.36. The van der Waals surface area contributed by atoms with Gasteiger partial charge in [-0.2, -0.15) is 0 Å². The van der Waals surface area contributed by atoms with Crippen molar-refractivity contribution in [3.63, 3.8) is 0 Å². The Morgan fingerprint density at radius 3 is 1.18 bits per heavy atom. The van der Waals surface area contributed by atoms with Crippen LogP contribution in [-0.4, -0.2) is 11.8 Å². The molecule has 2 aromatic rings. The first kappa shape index (κ1) is 16.0. The first-order valence-corrected chi connectivity index (χ1v) is 7.60. The van der Waals surface area contributed by atoms with Gasteiger partial charge in [0.05, 0.1) is 0 Å². The van der Waals surface area contributed by atoms with Crippen LogP contribution in [0.2, 0.25) is 0 Å². The molecule has 0 spiro atoms. The lowest BCUT2D eigenvalue weighted by Crippen LogP contribution is -2.32. The molecule has 4 nitrogen and oxygen atoms in total. The van der Waals surface area contributed by atoms with Gasteiger partial charge in [0.25, 0.3) is 0 Å². The van der Waals surface area contributed by atoms with Crippen LogP contribution in [0.3, 0.4) is 0 Å². The number of nitrogens with two attached hydrogens (primary N) is 2. The van der Waals surface area contributed by atoms with Gasteiger partial charge >= 0.3 is 0 Å². The topological polar surface area (TPSA) is 86.2 Å². The van der Waals surface area contributed by atoms with Crippen molar-refractivity contribution in [1.82, 2.24) is 0 Å². The Balaban J connectivity index is 0.000000162. The summed E-state index contributed by atoms with van der Waals surface area (Å²) in [6, 6.07) is 16.7. The monoisotopic (exact) mass is 298 g/mol. The fraction of sp³-hybridized carbons (Fsp3) is 0.333. The van der Waals surface area contributed by atoms with Crippen LogP contribution in [0.4, 0.5) is 0 Å². The predicted octanol–water partition coefficient (Wildman–Crippen LogP) is 2.60. The molecule has 1 aliphatic rings. The third-order valence-electron chi connectivity index (χ3n) is 4.19. The zero-order valence-electron chi connectivity index (χ0n) is 12.6. The summed E-state index contributed by atoms with van der Waals surface area (Å²) in [6.07, 6.45) is 2.84. The summed E-state index contributed by atoms with van der Waals surface area (Å²) in [7, 11) is 0. The zero-order valence-corrected chi connectivity index (χ0v) is 12.6. The minimum Gasteiger partial charge on any atom is -0.369 e. The highest BCUT2D eigenvalue weighted by atomic mass is 16.1. The van der Waals surface area contributed by atoms with Crippen LogP contribution in [0.5, 0.6) is 0 Å². The SMILES string of the molecule is NC(=O)C1CCC(C(N)=O)CC1.c1ccc2ccccc2c1. The Bertz CT molecular complexity index is 559. The van der Waals surface area contributed by atoms with Gasteiger partial charge < -0.3 is 11.5 Å². The Morgan fingerprint density at radius 2 is 0.955 bits per heavy atom. The smallest absolute Gasteiger partial charge is 0.220 e. The number of hydrogen-bond donors (Lipinski definition) is 2. The minimum absolute atomic E-state index is 0.0411. The van der Waals surface area contributed by atoms with Crippen LogP contribution in [0.15, 0.2) is 48.5 Å². The highest BCUT2D eigenvalue weighted by molar-refractivity contribution is 5.82. The van der Waals surface area contributed by atoms with E-state index in [4.69, 9.17) is 11.5 Å². The van der Waals surface area contributed by atoms with E-state index in [-0.39, 0.29) is 23.7 Å². The molecular weight excluding hydrogens is 276 g/mol. The Morgan fingerprint density at radius 1 is 0.682 bits per heavy atom. The molecule has 22 heavy (non-hydrogen) atoms. The molecule has 0 radical (unpaired) electrons. The second-order valence-corrected chi connectivity index (χ2v) is 5.70. The van der Waals surface area contributed by atoms with Gasteiger partial charge in [0.2, 0.25) is 11.8 Å². The van der Waals surface area contributed by atoms with Crippen LogP contribution in [0.1, 0.15) is 25.7 Å². The van der Waals surface area contributed by atoms with Crippen molar-refractivity contribution < 1.29 is 9.59 Å². The summed E-state index contributed by atoms with van der Waals surface area (Å²) in [5.74, 6) is -0.586. The summed E-state index contributed by atoms with van der Waals surface area (Å²) in [5, 5.41) is 2.62. The lowest BCUT2D eigenvalue weighted by molar-refractivity contribution is -0.127. The number of amides is 2. The van der Waals surface area contributed by atoms with E-state index in [0.29, 0.717) is 25.7 Å². The van der Waals surface area contributed by atoms with Crippen molar-refractivity contribution in [2.45, 2.75) is 25.7 Å². The average Bonchev–Trinajstić information content (AvgIpc) is 2.55. The van der Waals surface area contributed by atoms with Crippen LogP contribution in [0.25, 0.3) is 10.8 Å². The fourth-order valence-corrected chi connectivity index (χ4v) is 2.80. The van der Waals surface area contributed by atoms with E-state index in [2.05, 4.69) is 48.5 Å². The maximum Gasteiger partial charge on any atom is 0.220 e. The molecule has 0 aliphatic heterocycles. The number of hydrogen-bond acceptors (Lipinski definition) is 2. The highest BCUT2D eigenvalue weighted by Crippen LogP contribution is 2.28. The quantitative estimate of drug-likeness (QED) is 0.892. The number of benzene rings is 2. The first-order valence-electron chi connectivity index (χ1n) is 7.60. The van der Waals surface area contributed by atoms with E-state index in [1.54, 1.807) is 0 Å². The van der Waals surface area contributed by atoms with E-state index in [1.165, 1.54) is 10.8 Å². The molecule has 0 bridgehead atoms. The van der Waals surface area contributed by atoms with Crippen molar-refractivity contribution in [2.75, 3.05) is 0 Å². The molecule has 1 aliphatic carbocycles. The first-order chi connectivity index (χ1) is 10.6. The molecule has 0 heterocycles. The molecule has 4 N–H and O–H groups in total. The normalized spacial score (nSPS) is 20.7. The highest BCUT2D eigenvalue weighted by Gasteiger charge is 2.27. The van der Waals surface area contributed by atoms with Gasteiger partial charge in [0.15, 0.2) is 0 Å². The predicted molar refractivity (Wildman–Crippen MR) is 87.8 cm³/mol. The number of primary amides is 2. The Kier molecular flexibility index (Phi) is 5.53. The largest absolute Gasteiger partial charge is 0.369 e. The summed E-state index contributed by atoms with van der Waals surface area (Å²) < 4.78 is 0. The van der Waals surface area contributed by atoms with E-state index in [1.807, 2.05) is 0 Å². The number of carbonyl (C=O) groups excluding carboxylic acids is 2. The van der Waals surface area contributed by atoms with E-state index in [0.717, 1.165) is 0 Å². The molecule has 116 valence electrons. The van der Waals surface area contributed by atoms with Gasteiger partial charge in [0, 0.05) is 11.8 Å². The molecule has 0 unspecified atom stereocenters. The molecular formula is C18H22N2O2. The van der Waals surface area contributed by atoms with Crippen molar-refractivity contribution in [3.8, 4) is 0 Å². The van der Waals surface area contributed by atoms with Crippen LogP contribution in [-0.2, 0) is 9.59 Å². The summed E-state index contributed by atoms with van der Waals surface area (Å²) in [5.41, 5.74) is 10.3. The summed E-state index contributed by atoms with van der Waals surface area (Å²) >= 11 is 0. The lowest BCUT2D eigenvalue weighted by Gasteiger charge is -2.23. The zero-order chi connectivity index (χ0) is 15.9. The molecule has 2 aromatic carbocycles. The summed E-state index contributed by atoms with van der Waals surface area (Å²) in [6.45, 7) is 0. The molecule has 0 atom stereocenters. The van der Waals surface area contributed by atoms with Crippen molar-refractivity contribution >= 4 is 22.6 Å². The molecule has 4 heteroatoms. The van der Waals surface area contributed by atoms with Gasteiger partial charge in [-0.25, -0.2) is 0 Å². The Labute approximate surface area is 130 Å². The fourth-order valence-electron chi connectivity index (χ4n) is 2.80. The van der Waals surface area contributed by atoms with Gasteiger partial charge in [-0.3, -0.25) is 9.59 Å². The number of carbonyl (C=O) groups is 2. The van der Waals surface area contributed by atoms with Gasteiger partial charge in [-0.15, -0.1) is 0 Å². The molecule has 1 saturated carbocycles. The van der Waals surface area contributed by atoms with Crippen LogP contribution < -0.4 is 11.5 Å². The number of rotatable bonds is 2. The lowest BCUT2D eigenvalue weighted by atomic mass is 9.81. The van der Waals surface area contributed by atoms with Crippen molar-refractivity contribution in [3.05, 3.63) is 48.5 Å². The third kappa shape index (κ3) is 4.32. The molecule has 0 saturated heterocycles. The summed E-state index contributed by atoms with van der Waals surface area (Å²) in [4.78, 5) is 21.5. The molecule has 1 fully saturated rings. The molecule has 2 amide bonds. The van der Waals surface area contributed by atoms with E-state index >= 15 is 0 Å². The number of fused-ring (bicyclic) bond motifs is 1. The molecule has 0 aromatic heterocycles. The van der Waals surface area contributed by atoms with E-state index < -0.39 is 0 Å². The van der Waals surface area contributed by atoms with Gasteiger partial charge in [0.1, 0.15) is 0 Å². The average molecular weight is 298 g/mol. The van der Waals surface area contributed by atoms with Crippen molar-refractivity contribution in [1.29, 1.82) is 0 Å². The van der Waals surface area contributed by atoms with Gasteiger partial charge in [-0.05, 0) is 36.5 Å². The standard InChI is InChI=1S/C10H8.C8H14N2O2/c1-2-6-10-8-4-3-7-9(10)5-1;9-7(11)5-1-2-6(4-3-5)8(10)12/h1-8H;5-6H,1-4H2,(H2,9,11)(H2,10,12). The van der Waals surface area contributed by atoms with Crippen LogP contribution >= 0.6 is 0 Å². The maximum absolute atomic E-state index is 10.7. The third-order valence-corrected chi connectivity index (χ3v) is 4.19.